The Labute approximate surface area is 236 Å². The topological polar surface area (TPSA) is 58.6 Å². The first kappa shape index (κ1) is 31.3. The monoisotopic (exact) mass is 512 g/mol. The maximum atomic E-state index is 13.3. The molecule has 0 radical (unpaired) electrons. The van der Waals surface area contributed by atoms with Crippen LogP contribution in [0.5, 0.6) is 0 Å². The summed E-state index contributed by atoms with van der Waals surface area (Å²) in [7, 11) is -4.59. The van der Waals surface area contributed by atoms with Crippen LogP contribution in [0.25, 0.3) is 0 Å². The van der Waals surface area contributed by atoms with Gasteiger partial charge < -0.3 is 13.9 Å². The van der Waals surface area contributed by atoms with Gasteiger partial charge in [-0.05, 0) is 39.2 Å². The summed E-state index contributed by atoms with van der Waals surface area (Å²) in [5, 5.41) is 0. The van der Waals surface area contributed by atoms with E-state index >= 15 is 0 Å². The number of rotatable bonds is 0. The van der Waals surface area contributed by atoms with Crippen molar-refractivity contribution in [1.29, 1.82) is 0 Å². The van der Waals surface area contributed by atoms with Gasteiger partial charge in [0.05, 0.1) is 12.2 Å². The van der Waals surface area contributed by atoms with Crippen LogP contribution < -0.4 is 34.5 Å². The van der Waals surface area contributed by atoms with E-state index in [2.05, 4.69) is 95.2 Å². The van der Waals surface area contributed by atoms with E-state index in [4.69, 9.17) is 9.05 Å². The van der Waals surface area contributed by atoms with Gasteiger partial charge in [-0.15, -0.1) is 0 Å². The molecule has 0 aromatic heterocycles. The van der Waals surface area contributed by atoms with E-state index in [1.165, 1.54) is 11.1 Å². The van der Waals surface area contributed by atoms with Gasteiger partial charge in [0.15, 0.2) is 0 Å². The van der Waals surface area contributed by atoms with E-state index in [1.807, 2.05) is 24.3 Å². The summed E-state index contributed by atoms with van der Waals surface area (Å²) in [6.45, 7) is 26.4. The quantitative estimate of drug-likeness (QED) is 0.346. The Hall–Kier alpha value is 0.0700. The van der Waals surface area contributed by atoms with Crippen molar-refractivity contribution in [2.75, 3.05) is 0 Å². The first-order chi connectivity index (χ1) is 15.0. The van der Waals surface area contributed by atoms with E-state index in [1.54, 1.807) is 0 Å². The van der Waals surface area contributed by atoms with Crippen molar-refractivity contribution >= 4 is 7.82 Å². The van der Waals surface area contributed by atoms with Gasteiger partial charge in [-0.25, -0.2) is 0 Å². The zero-order chi connectivity index (χ0) is 26.2. The van der Waals surface area contributed by atoms with Crippen LogP contribution in [0.4, 0.5) is 0 Å². The van der Waals surface area contributed by atoms with Crippen LogP contribution in [-0.4, -0.2) is 12.2 Å². The molecular weight excluding hydrogens is 466 g/mol. The van der Waals surface area contributed by atoms with Crippen molar-refractivity contribution in [1.82, 2.24) is 0 Å². The molecule has 4 nitrogen and oxygen atoms in total. The minimum atomic E-state index is -4.59. The van der Waals surface area contributed by atoms with Crippen molar-refractivity contribution < 1.29 is 48.1 Å². The second-order valence-corrected chi connectivity index (χ2v) is 16.0. The third-order valence-corrected chi connectivity index (χ3v) is 9.31. The smallest absolute Gasteiger partial charge is 0.756 e. The van der Waals surface area contributed by atoms with Crippen molar-refractivity contribution in [3.05, 3.63) is 47.6 Å². The molecule has 3 aliphatic rings. The molecule has 35 heavy (non-hydrogen) atoms. The molecule has 0 bridgehead atoms. The van der Waals surface area contributed by atoms with Gasteiger partial charge in [-0.1, -0.05) is 120 Å². The summed E-state index contributed by atoms with van der Waals surface area (Å²) >= 11 is 0. The van der Waals surface area contributed by atoms with E-state index in [0.29, 0.717) is 6.42 Å². The minimum absolute atomic E-state index is 0. The molecule has 0 saturated carbocycles. The van der Waals surface area contributed by atoms with Crippen LogP contribution in [0.3, 0.4) is 0 Å². The zero-order valence-electron chi connectivity index (χ0n) is 24.4. The molecule has 0 amide bonds. The Morgan fingerprint density at radius 1 is 0.743 bits per heavy atom. The summed E-state index contributed by atoms with van der Waals surface area (Å²) in [5.41, 5.74) is 0.564. The third-order valence-electron chi connectivity index (χ3n) is 8.34. The van der Waals surface area contributed by atoms with Gasteiger partial charge in [0, 0.05) is 10.8 Å². The second kappa shape index (κ2) is 9.37. The molecule has 192 valence electrons. The fraction of sp³-hybridized carbons (Fsp3) is 0.724. The van der Waals surface area contributed by atoms with Crippen molar-refractivity contribution in [3.63, 3.8) is 0 Å². The molecule has 3 rings (SSSR count). The molecular formula is C29H46NaO4P. The Bertz CT molecular complexity index is 918. The summed E-state index contributed by atoms with van der Waals surface area (Å²) in [5.74, 6) is 0. The van der Waals surface area contributed by atoms with E-state index < -0.39 is 30.9 Å². The molecule has 0 aromatic rings. The molecule has 1 saturated heterocycles. The predicted octanol–water partition coefficient (Wildman–Crippen LogP) is 4.78. The van der Waals surface area contributed by atoms with Crippen molar-refractivity contribution in [2.24, 2.45) is 32.5 Å². The number of hydrogen-bond acceptors (Lipinski definition) is 4. The minimum Gasteiger partial charge on any atom is -0.756 e. The summed E-state index contributed by atoms with van der Waals surface area (Å²) in [6, 6.07) is 0. The second-order valence-electron chi connectivity index (χ2n) is 14.7. The average molecular weight is 513 g/mol. The Morgan fingerprint density at radius 2 is 1.06 bits per heavy atom. The molecule has 4 atom stereocenters. The predicted molar refractivity (Wildman–Crippen MR) is 139 cm³/mol. The van der Waals surface area contributed by atoms with Gasteiger partial charge in [0.1, 0.15) is 0 Å². The van der Waals surface area contributed by atoms with Crippen LogP contribution >= 0.6 is 7.82 Å². The van der Waals surface area contributed by atoms with E-state index in [9.17, 15) is 9.46 Å². The third kappa shape index (κ3) is 5.75. The first-order valence-electron chi connectivity index (χ1n) is 12.6. The Morgan fingerprint density at radius 3 is 1.31 bits per heavy atom. The van der Waals surface area contributed by atoms with E-state index in [0.717, 1.165) is 0 Å². The standard InChI is InChI=1S/C29H47O4P.Na/c1-24(2,3)20-13-15-22-28(17-20,26(7,8)9)19-29(27(10,11)12)18-21(25(4,5)6)14-16-23(29)33-34(30,31)32-22;/h13-18,22-23H,19H2,1-12H3,(H,30,31);/q;+1/p-1. The molecule has 1 heterocycles. The molecule has 0 N–H and O–H groups in total. The fourth-order valence-electron chi connectivity index (χ4n) is 5.64. The molecule has 1 aliphatic heterocycles. The van der Waals surface area contributed by atoms with Crippen LogP contribution in [-0.2, 0) is 13.6 Å². The number of phosphoric ester groups is 1. The fourth-order valence-corrected chi connectivity index (χ4v) is 6.76. The van der Waals surface area contributed by atoms with Crippen LogP contribution in [0.2, 0.25) is 0 Å². The summed E-state index contributed by atoms with van der Waals surface area (Å²) in [4.78, 5) is 13.3. The molecule has 6 heteroatoms. The SMILES string of the molecule is CC(C)(C)C1=CC2(C(C)(C)C)CC3(C(C)(C)C)C=C(C(C)(C)C)C=CC3OP(=O)([O-])OC2C=C1.[Na+]. The van der Waals surface area contributed by atoms with Gasteiger partial charge >= 0.3 is 29.6 Å². The Kier molecular flexibility index (Phi) is 8.37. The average Bonchev–Trinajstić information content (AvgIpc) is 2.59. The zero-order valence-corrected chi connectivity index (χ0v) is 27.3. The van der Waals surface area contributed by atoms with Gasteiger partial charge in [0.2, 0.25) is 0 Å². The summed E-state index contributed by atoms with van der Waals surface area (Å²) < 4.78 is 25.0. The summed E-state index contributed by atoms with van der Waals surface area (Å²) in [6.07, 6.45) is 12.1. The van der Waals surface area contributed by atoms with Crippen LogP contribution in [0.15, 0.2) is 47.6 Å². The first-order valence-corrected chi connectivity index (χ1v) is 14.0. The molecule has 4 unspecified atom stereocenters. The van der Waals surface area contributed by atoms with Gasteiger partial charge in [-0.3, -0.25) is 4.57 Å². The van der Waals surface area contributed by atoms with Crippen LogP contribution in [0, 0.1) is 32.5 Å². The molecule has 0 aromatic carbocycles. The molecule has 1 fully saturated rings. The largest absolute Gasteiger partial charge is 1.00 e. The molecule has 0 spiro atoms. The number of hydrogen-bond donors (Lipinski definition) is 0. The van der Waals surface area contributed by atoms with Gasteiger partial charge in [-0.2, -0.15) is 0 Å². The number of allylic oxidation sites excluding steroid dienone is 4. The number of fused-ring (bicyclic) bond motifs is 2. The molecule has 2 aliphatic carbocycles. The normalized spacial score (nSPS) is 36.1. The van der Waals surface area contributed by atoms with Crippen molar-refractivity contribution in [2.45, 2.75) is 102 Å². The van der Waals surface area contributed by atoms with E-state index in [-0.39, 0.29) is 51.2 Å². The van der Waals surface area contributed by atoms with Gasteiger partial charge in [0.25, 0.3) is 7.82 Å². The number of phosphoric acid groups is 1. The van der Waals surface area contributed by atoms with Crippen LogP contribution in [0.1, 0.15) is 89.5 Å². The Balaban J connectivity index is 0.00000432. The van der Waals surface area contributed by atoms with Crippen molar-refractivity contribution in [3.8, 4) is 0 Å². The maximum Gasteiger partial charge on any atom is 1.00 e. The maximum absolute atomic E-state index is 13.3.